The van der Waals surface area contributed by atoms with Gasteiger partial charge >= 0.3 is 0 Å². The van der Waals surface area contributed by atoms with Crippen molar-refractivity contribution in [1.29, 1.82) is 0 Å². The number of hydrogen-bond donors (Lipinski definition) is 1. The highest BCUT2D eigenvalue weighted by Gasteiger charge is 2.02. The first-order valence-electron chi connectivity index (χ1n) is 5.52. The highest BCUT2D eigenvalue weighted by Crippen LogP contribution is 2.19. The van der Waals surface area contributed by atoms with Crippen LogP contribution in [-0.4, -0.2) is 4.98 Å². The van der Waals surface area contributed by atoms with E-state index >= 15 is 0 Å². The van der Waals surface area contributed by atoms with Crippen molar-refractivity contribution in [3.05, 3.63) is 45.4 Å². The summed E-state index contributed by atoms with van der Waals surface area (Å²) in [6.07, 6.45) is 1.81. The number of rotatable bonds is 4. The maximum atomic E-state index is 5.72. The van der Waals surface area contributed by atoms with Gasteiger partial charge in [-0.3, -0.25) is 0 Å². The summed E-state index contributed by atoms with van der Waals surface area (Å²) < 4.78 is 5.72. The average molecular weight is 248 g/mol. The molecule has 4 heteroatoms. The predicted molar refractivity (Wildman–Crippen MR) is 70.3 cm³/mol. The second-order valence-electron chi connectivity index (χ2n) is 4.04. The SMILES string of the molecule is Cc1cc(C)cc(OCc2ncc(CN)s2)c1. The van der Waals surface area contributed by atoms with Crippen LogP contribution in [0.5, 0.6) is 5.75 Å². The molecule has 0 aliphatic carbocycles. The highest BCUT2D eigenvalue weighted by atomic mass is 32.1. The number of aromatic nitrogens is 1. The summed E-state index contributed by atoms with van der Waals surface area (Å²) in [5.41, 5.74) is 7.96. The fourth-order valence-electron chi connectivity index (χ4n) is 1.67. The third-order valence-electron chi connectivity index (χ3n) is 2.36. The molecule has 1 aromatic carbocycles. The van der Waals surface area contributed by atoms with Gasteiger partial charge in [-0.1, -0.05) is 6.07 Å². The Bertz CT molecular complexity index is 488. The topological polar surface area (TPSA) is 48.1 Å². The van der Waals surface area contributed by atoms with Crippen LogP contribution in [0.1, 0.15) is 21.0 Å². The van der Waals surface area contributed by atoms with Gasteiger partial charge in [-0.2, -0.15) is 0 Å². The van der Waals surface area contributed by atoms with E-state index in [9.17, 15) is 0 Å². The summed E-state index contributed by atoms with van der Waals surface area (Å²) >= 11 is 1.60. The van der Waals surface area contributed by atoms with E-state index in [0.717, 1.165) is 15.6 Å². The van der Waals surface area contributed by atoms with Gasteiger partial charge in [0.25, 0.3) is 0 Å². The predicted octanol–water partition coefficient (Wildman–Crippen LogP) is 2.80. The monoisotopic (exact) mass is 248 g/mol. The molecule has 17 heavy (non-hydrogen) atoms. The first-order valence-corrected chi connectivity index (χ1v) is 6.34. The van der Waals surface area contributed by atoms with E-state index < -0.39 is 0 Å². The van der Waals surface area contributed by atoms with Crippen LogP contribution in [0.2, 0.25) is 0 Å². The number of nitrogens with two attached hydrogens (primary N) is 1. The smallest absolute Gasteiger partial charge is 0.140 e. The maximum absolute atomic E-state index is 5.72. The fraction of sp³-hybridized carbons (Fsp3) is 0.308. The maximum Gasteiger partial charge on any atom is 0.140 e. The van der Waals surface area contributed by atoms with Crippen molar-refractivity contribution < 1.29 is 4.74 Å². The van der Waals surface area contributed by atoms with E-state index in [-0.39, 0.29) is 0 Å². The first-order chi connectivity index (χ1) is 8.17. The van der Waals surface area contributed by atoms with Gasteiger partial charge in [-0.15, -0.1) is 11.3 Å². The molecule has 1 heterocycles. The number of benzene rings is 1. The van der Waals surface area contributed by atoms with Crippen LogP contribution in [0.3, 0.4) is 0 Å². The molecular weight excluding hydrogens is 232 g/mol. The average Bonchev–Trinajstić information content (AvgIpc) is 2.73. The molecule has 2 aromatic rings. The van der Waals surface area contributed by atoms with Gasteiger partial charge in [0.1, 0.15) is 17.4 Å². The van der Waals surface area contributed by atoms with Crippen LogP contribution in [0.25, 0.3) is 0 Å². The highest BCUT2D eigenvalue weighted by molar-refractivity contribution is 7.11. The molecule has 0 radical (unpaired) electrons. The van der Waals surface area contributed by atoms with Crippen molar-refractivity contribution in [2.45, 2.75) is 27.0 Å². The van der Waals surface area contributed by atoms with E-state index in [0.29, 0.717) is 13.2 Å². The van der Waals surface area contributed by atoms with Crippen molar-refractivity contribution in [1.82, 2.24) is 4.98 Å². The molecule has 2 N–H and O–H groups in total. The van der Waals surface area contributed by atoms with E-state index in [1.54, 1.807) is 11.3 Å². The molecule has 0 amide bonds. The Morgan fingerprint density at radius 2 is 1.94 bits per heavy atom. The van der Waals surface area contributed by atoms with Crippen molar-refractivity contribution in [2.24, 2.45) is 5.73 Å². The van der Waals surface area contributed by atoms with Crippen LogP contribution in [0.15, 0.2) is 24.4 Å². The lowest BCUT2D eigenvalue weighted by molar-refractivity contribution is 0.305. The second kappa shape index (κ2) is 5.29. The van der Waals surface area contributed by atoms with Gasteiger partial charge in [-0.25, -0.2) is 4.98 Å². The van der Waals surface area contributed by atoms with Crippen molar-refractivity contribution in [3.8, 4) is 5.75 Å². The lowest BCUT2D eigenvalue weighted by Crippen LogP contribution is -1.95. The summed E-state index contributed by atoms with van der Waals surface area (Å²) in [6.45, 7) is 5.18. The Morgan fingerprint density at radius 3 is 2.53 bits per heavy atom. The normalized spacial score (nSPS) is 10.5. The molecule has 2 rings (SSSR count). The van der Waals surface area contributed by atoms with Crippen molar-refractivity contribution >= 4 is 11.3 Å². The largest absolute Gasteiger partial charge is 0.486 e. The molecule has 3 nitrogen and oxygen atoms in total. The van der Waals surface area contributed by atoms with Crippen molar-refractivity contribution in [2.75, 3.05) is 0 Å². The van der Waals surface area contributed by atoms with Crippen LogP contribution in [-0.2, 0) is 13.2 Å². The van der Waals surface area contributed by atoms with E-state index in [1.165, 1.54) is 11.1 Å². The summed E-state index contributed by atoms with van der Waals surface area (Å²) in [5.74, 6) is 0.895. The minimum absolute atomic E-state index is 0.508. The molecule has 0 atom stereocenters. The Kier molecular flexibility index (Phi) is 3.76. The number of nitrogens with zero attached hydrogens (tertiary/aromatic N) is 1. The lowest BCUT2D eigenvalue weighted by atomic mass is 10.1. The van der Waals surface area contributed by atoms with Crippen LogP contribution >= 0.6 is 11.3 Å². The number of hydrogen-bond acceptors (Lipinski definition) is 4. The van der Waals surface area contributed by atoms with Gasteiger partial charge in [0.05, 0.1) is 0 Å². The Morgan fingerprint density at radius 1 is 1.24 bits per heavy atom. The zero-order chi connectivity index (χ0) is 12.3. The molecule has 0 fully saturated rings. The molecule has 0 aliphatic heterocycles. The van der Waals surface area contributed by atoms with E-state index in [2.05, 4.69) is 24.9 Å². The van der Waals surface area contributed by atoms with Gasteiger partial charge in [-0.05, 0) is 37.1 Å². The third-order valence-corrected chi connectivity index (χ3v) is 3.35. The fourth-order valence-corrected chi connectivity index (χ4v) is 2.39. The zero-order valence-corrected chi connectivity index (χ0v) is 10.9. The molecular formula is C13H16N2OS. The lowest BCUT2D eigenvalue weighted by Gasteiger charge is -2.06. The molecule has 0 saturated heterocycles. The Balaban J connectivity index is 2.01. The van der Waals surface area contributed by atoms with Gasteiger partial charge in [0.2, 0.25) is 0 Å². The summed E-state index contributed by atoms with van der Waals surface area (Å²) in [5, 5.41) is 0.963. The molecule has 0 saturated carbocycles. The minimum atomic E-state index is 0.508. The molecule has 0 unspecified atom stereocenters. The van der Waals surface area contributed by atoms with Crippen LogP contribution < -0.4 is 10.5 Å². The van der Waals surface area contributed by atoms with E-state index in [1.807, 2.05) is 18.3 Å². The number of aryl methyl sites for hydroxylation is 2. The molecule has 90 valence electrons. The first kappa shape index (κ1) is 12.1. The Labute approximate surface area is 105 Å². The Hall–Kier alpha value is -1.39. The van der Waals surface area contributed by atoms with Gasteiger partial charge in [0, 0.05) is 17.6 Å². The molecule has 0 spiro atoms. The standard InChI is InChI=1S/C13H16N2OS/c1-9-3-10(2)5-11(4-9)16-8-13-15-7-12(6-14)17-13/h3-5,7H,6,8,14H2,1-2H3. The van der Waals surface area contributed by atoms with Gasteiger partial charge < -0.3 is 10.5 Å². The minimum Gasteiger partial charge on any atom is -0.486 e. The summed E-state index contributed by atoms with van der Waals surface area (Å²) in [4.78, 5) is 5.35. The molecule has 0 aliphatic rings. The third kappa shape index (κ3) is 3.28. The van der Waals surface area contributed by atoms with E-state index in [4.69, 9.17) is 10.5 Å². The van der Waals surface area contributed by atoms with Gasteiger partial charge in [0.15, 0.2) is 0 Å². The number of thiazole rings is 1. The number of ether oxygens (including phenoxy) is 1. The molecule has 1 aromatic heterocycles. The second-order valence-corrected chi connectivity index (χ2v) is 5.24. The summed E-state index contributed by atoms with van der Waals surface area (Å²) in [6, 6.07) is 6.19. The molecule has 0 bridgehead atoms. The summed E-state index contributed by atoms with van der Waals surface area (Å²) in [7, 11) is 0. The zero-order valence-electron chi connectivity index (χ0n) is 10.1. The van der Waals surface area contributed by atoms with Crippen molar-refractivity contribution in [3.63, 3.8) is 0 Å². The quantitative estimate of drug-likeness (QED) is 0.905. The van der Waals surface area contributed by atoms with Crippen LogP contribution in [0, 0.1) is 13.8 Å². The van der Waals surface area contributed by atoms with Crippen LogP contribution in [0.4, 0.5) is 0 Å².